The minimum atomic E-state index is 0.461. The highest BCUT2D eigenvalue weighted by Crippen LogP contribution is 2.30. The van der Waals surface area contributed by atoms with Crippen molar-refractivity contribution in [3.8, 4) is 17.6 Å². The lowest BCUT2D eigenvalue weighted by atomic mass is 10.1. The van der Waals surface area contributed by atoms with Crippen LogP contribution in [0.2, 0.25) is 0 Å². The second-order valence-corrected chi connectivity index (χ2v) is 5.34. The number of fused-ring (bicyclic) bond motifs is 1. The Hall–Kier alpha value is -3.26. The molecular formula is C20H19N3O2. The number of benzene rings is 2. The minimum Gasteiger partial charge on any atom is -0.490 e. The number of hydrogen-bond acceptors (Lipinski definition) is 4. The van der Waals surface area contributed by atoms with E-state index < -0.39 is 0 Å². The molecule has 0 amide bonds. The third kappa shape index (κ3) is 3.64. The molecule has 1 heterocycles. The van der Waals surface area contributed by atoms with Crippen LogP contribution in [0.15, 0.2) is 42.5 Å². The Bertz CT molecular complexity index is 918. The zero-order valence-electron chi connectivity index (χ0n) is 14.2. The molecule has 5 heteroatoms. The summed E-state index contributed by atoms with van der Waals surface area (Å²) >= 11 is 0. The summed E-state index contributed by atoms with van der Waals surface area (Å²) in [7, 11) is 0. The van der Waals surface area contributed by atoms with E-state index in [2.05, 4.69) is 16.0 Å². The van der Waals surface area contributed by atoms with Gasteiger partial charge >= 0.3 is 0 Å². The number of aromatic amines is 1. The maximum atomic E-state index is 9.54. The lowest BCUT2D eigenvalue weighted by Gasteiger charge is -2.11. The number of rotatable bonds is 6. The van der Waals surface area contributed by atoms with Crippen LogP contribution >= 0.6 is 0 Å². The molecule has 2 aromatic carbocycles. The number of nitrogens with zero attached hydrogens (tertiary/aromatic N) is 2. The van der Waals surface area contributed by atoms with Gasteiger partial charge in [-0.3, -0.25) is 0 Å². The monoisotopic (exact) mass is 333 g/mol. The van der Waals surface area contributed by atoms with Crippen molar-refractivity contribution in [3.05, 3.63) is 53.9 Å². The molecular weight excluding hydrogens is 314 g/mol. The highest BCUT2D eigenvalue weighted by Gasteiger charge is 2.10. The first-order valence-electron chi connectivity index (χ1n) is 8.21. The number of hydrogen-bond donors (Lipinski definition) is 1. The molecule has 0 saturated heterocycles. The van der Waals surface area contributed by atoms with Crippen molar-refractivity contribution in [2.24, 2.45) is 0 Å². The van der Waals surface area contributed by atoms with Crippen LogP contribution < -0.4 is 9.47 Å². The lowest BCUT2D eigenvalue weighted by molar-refractivity contribution is 0.287. The average Bonchev–Trinajstić information content (AvgIpc) is 3.06. The molecule has 0 aliphatic carbocycles. The SMILES string of the molecule is CCOc1ccc(/C=C(/C#N)c2nc3ccccc3[nH]2)cc1OCC. The van der Waals surface area contributed by atoms with Crippen molar-refractivity contribution in [2.75, 3.05) is 13.2 Å². The quantitative estimate of drug-likeness (QED) is 0.678. The van der Waals surface area contributed by atoms with Crippen LogP contribution in [0.5, 0.6) is 11.5 Å². The van der Waals surface area contributed by atoms with Gasteiger partial charge in [0.15, 0.2) is 11.5 Å². The van der Waals surface area contributed by atoms with Crippen molar-refractivity contribution >= 4 is 22.7 Å². The first-order chi connectivity index (χ1) is 12.2. The first kappa shape index (κ1) is 16.6. The smallest absolute Gasteiger partial charge is 0.161 e. The fraction of sp³-hybridized carbons (Fsp3) is 0.200. The zero-order chi connectivity index (χ0) is 17.6. The molecule has 25 heavy (non-hydrogen) atoms. The molecule has 1 N–H and O–H groups in total. The molecule has 0 saturated carbocycles. The van der Waals surface area contributed by atoms with E-state index >= 15 is 0 Å². The average molecular weight is 333 g/mol. The second kappa shape index (κ2) is 7.54. The first-order valence-corrected chi connectivity index (χ1v) is 8.21. The molecule has 1 aromatic heterocycles. The fourth-order valence-electron chi connectivity index (χ4n) is 2.56. The van der Waals surface area contributed by atoms with E-state index in [1.165, 1.54) is 0 Å². The molecule has 0 aliphatic heterocycles. The van der Waals surface area contributed by atoms with Crippen LogP contribution in [0.1, 0.15) is 25.2 Å². The normalized spacial score (nSPS) is 11.3. The number of H-pyrrole nitrogens is 1. The summed E-state index contributed by atoms with van der Waals surface area (Å²) in [5.41, 5.74) is 3.05. The molecule has 3 aromatic rings. The predicted octanol–water partition coefficient (Wildman–Crippen LogP) is 4.42. The van der Waals surface area contributed by atoms with E-state index in [1.807, 2.05) is 56.3 Å². The maximum absolute atomic E-state index is 9.54. The predicted molar refractivity (Wildman–Crippen MR) is 98.4 cm³/mol. The van der Waals surface area contributed by atoms with Gasteiger partial charge < -0.3 is 14.5 Å². The molecule has 5 nitrogen and oxygen atoms in total. The van der Waals surface area contributed by atoms with Crippen LogP contribution in [0.4, 0.5) is 0 Å². The topological polar surface area (TPSA) is 70.9 Å². The van der Waals surface area contributed by atoms with Crippen molar-refractivity contribution in [2.45, 2.75) is 13.8 Å². The minimum absolute atomic E-state index is 0.461. The van der Waals surface area contributed by atoms with Gasteiger partial charge in [0.05, 0.1) is 29.8 Å². The van der Waals surface area contributed by atoms with Crippen molar-refractivity contribution < 1.29 is 9.47 Å². The molecule has 3 rings (SSSR count). The molecule has 0 bridgehead atoms. The molecule has 0 fully saturated rings. The van der Waals surface area contributed by atoms with Gasteiger partial charge in [-0.15, -0.1) is 0 Å². The second-order valence-electron chi connectivity index (χ2n) is 5.34. The van der Waals surface area contributed by atoms with Crippen molar-refractivity contribution in [1.82, 2.24) is 9.97 Å². The Balaban J connectivity index is 1.99. The van der Waals surface area contributed by atoms with E-state index in [4.69, 9.17) is 9.47 Å². The number of allylic oxidation sites excluding steroid dienone is 1. The van der Waals surface area contributed by atoms with Gasteiger partial charge in [0.2, 0.25) is 0 Å². The molecule has 126 valence electrons. The van der Waals surface area contributed by atoms with Crippen molar-refractivity contribution in [3.63, 3.8) is 0 Å². The van der Waals surface area contributed by atoms with Gasteiger partial charge in [0.25, 0.3) is 0 Å². The maximum Gasteiger partial charge on any atom is 0.161 e. The van der Waals surface area contributed by atoms with Gasteiger partial charge in [0.1, 0.15) is 11.9 Å². The number of nitrogens with one attached hydrogen (secondary N) is 1. The number of imidazole rings is 1. The van der Waals surface area contributed by atoms with Gasteiger partial charge in [-0.05, 0) is 49.8 Å². The van der Waals surface area contributed by atoms with Crippen LogP contribution in [0.3, 0.4) is 0 Å². The summed E-state index contributed by atoms with van der Waals surface area (Å²) in [5.74, 6) is 1.92. The Labute approximate surface area is 146 Å². The highest BCUT2D eigenvalue weighted by molar-refractivity contribution is 5.90. The molecule has 0 aliphatic rings. The van der Waals surface area contributed by atoms with E-state index in [1.54, 1.807) is 6.08 Å². The summed E-state index contributed by atoms with van der Waals surface area (Å²) in [6.45, 7) is 4.96. The van der Waals surface area contributed by atoms with Crippen molar-refractivity contribution in [1.29, 1.82) is 5.26 Å². The molecule has 0 unspecified atom stereocenters. The van der Waals surface area contributed by atoms with E-state index in [9.17, 15) is 5.26 Å². The summed E-state index contributed by atoms with van der Waals surface area (Å²) in [5, 5.41) is 9.54. The highest BCUT2D eigenvalue weighted by atomic mass is 16.5. The van der Waals surface area contributed by atoms with E-state index in [0.29, 0.717) is 36.1 Å². The van der Waals surface area contributed by atoms with Crippen LogP contribution in [-0.4, -0.2) is 23.2 Å². The fourth-order valence-corrected chi connectivity index (χ4v) is 2.56. The number of para-hydroxylation sites is 2. The van der Waals surface area contributed by atoms with Crippen LogP contribution in [0, 0.1) is 11.3 Å². The third-order valence-electron chi connectivity index (χ3n) is 3.64. The summed E-state index contributed by atoms with van der Waals surface area (Å²) < 4.78 is 11.2. The Morgan fingerprint density at radius 3 is 2.60 bits per heavy atom. The van der Waals surface area contributed by atoms with E-state index in [0.717, 1.165) is 16.6 Å². The third-order valence-corrected chi connectivity index (χ3v) is 3.64. The summed E-state index contributed by atoms with van der Waals surface area (Å²) in [6, 6.07) is 15.5. The number of nitriles is 1. The van der Waals surface area contributed by atoms with Crippen LogP contribution in [-0.2, 0) is 0 Å². The zero-order valence-corrected chi connectivity index (χ0v) is 14.2. The molecule has 0 atom stereocenters. The Morgan fingerprint density at radius 2 is 1.88 bits per heavy atom. The largest absolute Gasteiger partial charge is 0.490 e. The standard InChI is InChI=1S/C20H19N3O2/c1-3-24-18-10-9-14(12-19(18)25-4-2)11-15(13-21)20-22-16-7-5-6-8-17(16)23-20/h5-12H,3-4H2,1-2H3,(H,22,23)/b15-11-. The van der Waals surface area contributed by atoms with Gasteiger partial charge in [0, 0.05) is 0 Å². The summed E-state index contributed by atoms with van der Waals surface area (Å²) in [6.07, 6.45) is 1.79. The number of aromatic nitrogens is 2. The number of ether oxygens (including phenoxy) is 2. The van der Waals surface area contributed by atoms with E-state index in [-0.39, 0.29) is 0 Å². The van der Waals surface area contributed by atoms with Gasteiger partial charge in [-0.25, -0.2) is 4.98 Å². The molecule has 0 spiro atoms. The van der Waals surface area contributed by atoms with Gasteiger partial charge in [-0.2, -0.15) is 5.26 Å². The lowest BCUT2D eigenvalue weighted by Crippen LogP contribution is -1.98. The molecule has 0 radical (unpaired) electrons. The summed E-state index contributed by atoms with van der Waals surface area (Å²) in [4.78, 5) is 7.66. The Kier molecular flexibility index (Phi) is 5.00. The van der Waals surface area contributed by atoms with Crippen LogP contribution in [0.25, 0.3) is 22.7 Å². The Morgan fingerprint density at radius 1 is 1.12 bits per heavy atom. The van der Waals surface area contributed by atoms with Gasteiger partial charge in [-0.1, -0.05) is 18.2 Å².